The Morgan fingerprint density at radius 1 is 1.45 bits per heavy atom. The highest BCUT2D eigenvalue weighted by atomic mass is 32.2. The van der Waals surface area contributed by atoms with Crippen LogP contribution in [0.2, 0.25) is 0 Å². The molecule has 5 heteroatoms. The molecule has 2 atom stereocenters. The maximum Gasteiger partial charge on any atom is 0.304 e. The van der Waals surface area contributed by atoms with Crippen LogP contribution in [0, 0.1) is 0 Å². The Hall–Kier alpha value is -1.04. The average Bonchev–Trinajstić information content (AvgIpc) is 2.47. The van der Waals surface area contributed by atoms with E-state index >= 15 is 0 Å². The lowest BCUT2D eigenvalue weighted by Crippen LogP contribution is -2.47. The van der Waals surface area contributed by atoms with E-state index in [-0.39, 0.29) is 18.5 Å². The fourth-order valence-corrected chi connectivity index (χ4v) is 4.18. The van der Waals surface area contributed by atoms with Crippen LogP contribution in [0.5, 0.6) is 0 Å². The summed E-state index contributed by atoms with van der Waals surface area (Å²) in [6, 6.07) is 8.65. The van der Waals surface area contributed by atoms with E-state index in [0.717, 1.165) is 18.1 Å². The van der Waals surface area contributed by atoms with E-state index in [2.05, 4.69) is 23.1 Å². The average molecular weight is 293 g/mol. The van der Waals surface area contributed by atoms with Gasteiger partial charge in [-0.05, 0) is 11.1 Å². The largest absolute Gasteiger partial charge is 0.481 e. The molecule has 0 amide bonds. The molecule has 0 aliphatic carbocycles. The first-order valence-electron chi connectivity index (χ1n) is 6.96. The van der Waals surface area contributed by atoms with Crippen LogP contribution in [-0.2, 0) is 16.1 Å². The molecule has 2 aliphatic rings. The van der Waals surface area contributed by atoms with E-state index in [9.17, 15) is 4.79 Å². The van der Waals surface area contributed by atoms with Crippen molar-refractivity contribution in [3.8, 4) is 0 Å². The fraction of sp³-hybridized carbons (Fsp3) is 0.533. The Bertz CT molecular complexity index is 494. The Balaban J connectivity index is 1.85. The van der Waals surface area contributed by atoms with Gasteiger partial charge >= 0.3 is 5.97 Å². The van der Waals surface area contributed by atoms with Crippen LogP contribution in [-0.4, -0.2) is 46.7 Å². The summed E-state index contributed by atoms with van der Waals surface area (Å²) >= 11 is 1.85. The molecule has 108 valence electrons. The van der Waals surface area contributed by atoms with Crippen molar-refractivity contribution >= 4 is 17.7 Å². The Morgan fingerprint density at radius 2 is 2.30 bits per heavy atom. The zero-order chi connectivity index (χ0) is 13.9. The summed E-state index contributed by atoms with van der Waals surface area (Å²) in [6.45, 7) is 2.27. The molecule has 0 bridgehead atoms. The molecule has 0 radical (unpaired) electrons. The number of benzene rings is 1. The van der Waals surface area contributed by atoms with Gasteiger partial charge in [0.2, 0.25) is 0 Å². The number of aliphatic carboxylic acids is 1. The monoisotopic (exact) mass is 293 g/mol. The van der Waals surface area contributed by atoms with Crippen molar-refractivity contribution in [3.05, 3.63) is 35.4 Å². The summed E-state index contributed by atoms with van der Waals surface area (Å²) in [5, 5.41) is 9.11. The van der Waals surface area contributed by atoms with Crippen LogP contribution >= 0.6 is 11.8 Å². The first-order chi connectivity index (χ1) is 9.75. The molecule has 1 saturated heterocycles. The van der Waals surface area contributed by atoms with E-state index < -0.39 is 5.97 Å². The second kappa shape index (κ2) is 6.16. The van der Waals surface area contributed by atoms with Crippen molar-refractivity contribution in [2.24, 2.45) is 0 Å². The summed E-state index contributed by atoms with van der Waals surface area (Å²) < 4.78 is 5.72. The molecule has 2 aliphatic heterocycles. The quantitative estimate of drug-likeness (QED) is 0.925. The van der Waals surface area contributed by atoms with E-state index in [1.165, 1.54) is 11.1 Å². The molecule has 0 saturated carbocycles. The van der Waals surface area contributed by atoms with Crippen molar-refractivity contribution in [2.75, 3.05) is 24.7 Å². The number of thioether (sulfide) groups is 1. The highest BCUT2D eigenvalue weighted by Crippen LogP contribution is 2.34. The summed E-state index contributed by atoms with van der Waals surface area (Å²) in [7, 11) is 0. The Kier molecular flexibility index (Phi) is 4.29. The Morgan fingerprint density at radius 3 is 3.15 bits per heavy atom. The summed E-state index contributed by atoms with van der Waals surface area (Å²) in [5.74, 6) is 1.24. The highest BCUT2D eigenvalue weighted by molar-refractivity contribution is 7.99. The Labute approximate surface area is 123 Å². The number of hydrogen-bond acceptors (Lipinski definition) is 4. The molecule has 20 heavy (non-hydrogen) atoms. The van der Waals surface area contributed by atoms with Crippen molar-refractivity contribution in [3.63, 3.8) is 0 Å². The van der Waals surface area contributed by atoms with Crippen LogP contribution in [0.25, 0.3) is 0 Å². The first-order valence-corrected chi connectivity index (χ1v) is 8.12. The van der Waals surface area contributed by atoms with Gasteiger partial charge in [-0.15, -0.1) is 0 Å². The molecule has 0 spiro atoms. The molecular weight excluding hydrogens is 274 g/mol. The van der Waals surface area contributed by atoms with Crippen LogP contribution in [0.3, 0.4) is 0 Å². The van der Waals surface area contributed by atoms with Gasteiger partial charge in [0, 0.05) is 24.1 Å². The first kappa shape index (κ1) is 13.9. The zero-order valence-electron chi connectivity index (χ0n) is 11.3. The molecule has 1 fully saturated rings. The SMILES string of the molecule is O=C(O)CC1CSCCN1C1COCc2ccccc21. The minimum Gasteiger partial charge on any atom is -0.481 e. The van der Waals surface area contributed by atoms with E-state index in [4.69, 9.17) is 9.84 Å². The number of nitrogens with zero attached hydrogens (tertiary/aromatic N) is 1. The maximum absolute atomic E-state index is 11.1. The molecular formula is C15H19NO3S. The van der Waals surface area contributed by atoms with Gasteiger partial charge in [0.15, 0.2) is 0 Å². The third-order valence-electron chi connectivity index (χ3n) is 4.03. The van der Waals surface area contributed by atoms with Gasteiger partial charge < -0.3 is 9.84 Å². The highest BCUT2D eigenvalue weighted by Gasteiger charge is 2.34. The van der Waals surface area contributed by atoms with Gasteiger partial charge in [-0.2, -0.15) is 11.8 Å². The number of fused-ring (bicyclic) bond motifs is 1. The van der Waals surface area contributed by atoms with Crippen molar-refractivity contribution in [1.29, 1.82) is 0 Å². The normalized spacial score (nSPS) is 27.0. The van der Waals surface area contributed by atoms with Crippen molar-refractivity contribution in [1.82, 2.24) is 4.90 Å². The van der Waals surface area contributed by atoms with Gasteiger partial charge in [0.25, 0.3) is 0 Å². The van der Waals surface area contributed by atoms with Gasteiger partial charge in [-0.25, -0.2) is 0 Å². The van der Waals surface area contributed by atoms with E-state index in [0.29, 0.717) is 13.2 Å². The predicted octanol–water partition coefficient (Wildman–Crippen LogP) is 2.15. The molecule has 3 rings (SSSR count). The second-order valence-corrected chi connectivity index (χ2v) is 6.44. The summed E-state index contributed by atoms with van der Waals surface area (Å²) in [6.07, 6.45) is 0.214. The molecule has 1 N–H and O–H groups in total. The fourth-order valence-electron chi connectivity index (χ4n) is 3.09. The van der Waals surface area contributed by atoms with Crippen molar-refractivity contribution < 1.29 is 14.6 Å². The lowest BCUT2D eigenvalue weighted by atomic mass is 9.96. The van der Waals surface area contributed by atoms with Crippen LogP contribution in [0.4, 0.5) is 0 Å². The molecule has 0 aromatic heterocycles. The van der Waals surface area contributed by atoms with Crippen molar-refractivity contribution in [2.45, 2.75) is 25.1 Å². The van der Waals surface area contributed by atoms with Gasteiger partial charge in [0.1, 0.15) is 0 Å². The van der Waals surface area contributed by atoms with E-state index in [1.807, 2.05) is 17.8 Å². The lowest BCUT2D eigenvalue weighted by Gasteiger charge is -2.42. The van der Waals surface area contributed by atoms with Crippen LogP contribution < -0.4 is 0 Å². The predicted molar refractivity (Wildman–Crippen MR) is 78.9 cm³/mol. The third-order valence-corrected chi connectivity index (χ3v) is 5.12. The number of carbonyl (C=O) groups is 1. The number of carboxylic acid groups (broad SMARTS) is 1. The minimum absolute atomic E-state index is 0.103. The number of carboxylic acids is 1. The van der Waals surface area contributed by atoms with Crippen LogP contribution in [0.1, 0.15) is 23.6 Å². The minimum atomic E-state index is -0.715. The molecule has 2 heterocycles. The molecule has 4 nitrogen and oxygen atoms in total. The summed E-state index contributed by atoms with van der Waals surface area (Å²) in [5.41, 5.74) is 2.54. The molecule has 1 aromatic rings. The standard InChI is InChI=1S/C15H19NO3S/c17-15(18)7-12-10-20-6-5-16(12)14-9-19-8-11-3-1-2-4-13(11)14/h1-4,12,14H,5-10H2,(H,17,18). The topological polar surface area (TPSA) is 49.8 Å². The third kappa shape index (κ3) is 2.85. The number of ether oxygens (including phenoxy) is 1. The smallest absolute Gasteiger partial charge is 0.304 e. The zero-order valence-corrected chi connectivity index (χ0v) is 12.1. The van der Waals surface area contributed by atoms with Crippen LogP contribution in [0.15, 0.2) is 24.3 Å². The maximum atomic E-state index is 11.1. The molecule has 2 unspecified atom stereocenters. The second-order valence-electron chi connectivity index (χ2n) is 5.29. The summed E-state index contributed by atoms with van der Waals surface area (Å²) in [4.78, 5) is 13.4. The van der Waals surface area contributed by atoms with Gasteiger partial charge in [-0.1, -0.05) is 24.3 Å². The van der Waals surface area contributed by atoms with Gasteiger partial charge in [-0.3, -0.25) is 9.69 Å². The van der Waals surface area contributed by atoms with E-state index in [1.54, 1.807) is 0 Å². The number of hydrogen-bond donors (Lipinski definition) is 1. The lowest BCUT2D eigenvalue weighted by molar-refractivity contribution is -0.138. The number of rotatable bonds is 3. The molecule has 1 aromatic carbocycles. The van der Waals surface area contributed by atoms with Gasteiger partial charge in [0.05, 0.1) is 25.7 Å².